The predicted molar refractivity (Wildman–Crippen MR) is 108 cm³/mol. The summed E-state index contributed by atoms with van der Waals surface area (Å²) < 4.78 is 16.2. The number of hydrogen-bond donors (Lipinski definition) is 1. The highest BCUT2D eigenvalue weighted by atomic mass is 32.2. The molecular weight excluding hydrogens is 378 g/mol. The van der Waals surface area contributed by atoms with Crippen LogP contribution in [0.4, 0.5) is 5.69 Å². The fourth-order valence-corrected chi connectivity index (χ4v) is 3.12. The summed E-state index contributed by atoms with van der Waals surface area (Å²) in [5, 5.41) is 11.3. The molecule has 0 atom stereocenters. The molecule has 0 saturated heterocycles. The van der Waals surface area contributed by atoms with Crippen molar-refractivity contribution in [2.75, 3.05) is 25.3 Å². The monoisotopic (exact) mass is 399 g/mol. The summed E-state index contributed by atoms with van der Waals surface area (Å²) in [6, 6.07) is 11.1. The predicted octanol–water partition coefficient (Wildman–Crippen LogP) is 4.10. The normalized spacial score (nSPS) is 10.6. The number of carbonyl (C=O) groups excluding carboxylic acids is 1. The van der Waals surface area contributed by atoms with Crippen molar-refractivity contribution in [1.29, 1.82) is 0 Å². The lowest BCUT2D eigenvalue weighted by molar-refractivity contribution is -0.113. The Morgan fingerprint density at radius 2 is 1.89 bits per heavy atom. The molecule has 146 valence electrons. The van der Waals surface area contributed by atoms with Crippen molar-refractivity contribution >= 4 is 23.4 Å². The largest absolute Gasteiger partial charge is 0.493 e. The van der Waals surface area contributed by atoms with Crippen molar-refractivity contribution in [2.45, 2.75) is 19.1 Å². The first-order valence-electron chi connectivity index (χ1n) is 8.56. The van der Waals surface area contributed by atoms with E-state index in [4.69, 9.17) is 13.9 Å². The highest BCUT2D eigenvalue weighted by Gasteiger charge is 2.14. The first-order valence-corrected chi connectivity index (χ1v) is 9.55. The lowest BCUT2D eigenvalue weighted by Crippen LogP contribution is -2.15. The van der Waals surface area contributed by atoms with Crippen LogP contribution in [0.1, 0.15) is 11.1 Å². The molecular formula is C20H21N3O4S. The summed E-state index contributed by atoms with van der Waals surface area (Å²) in [4.78, 5) is 12.2. The van der Waals surface area contributed by atoms with E-state index >= 15 is 0 Å². The van der Waals surface area contributed by atoms with Crippen LogP contribution in [-0.2, 0) is 4.79 Å². The minimum absolute atomic E-state index is 0.135. The summed E-state index contributed by atoms with van der Waals surface area (Å²) in [5.74, 6) is 1.56. The number of aromatic nitrogens is 2. The summed E-state index contributed by atoms with van der Waals surface area (Å²) in [6.07, 6.45) is 0. The van der Waals surface area contributed by atoms with E-state index in [1.165, 1.54) is 11.8 Å². The van der Waals surface area contributed by atoms with Gasteiger partial charge in [0.05, 0.1) is 20.0 Å². The topological polar surface area (TPSA) is 86.5 Å². The van der Waals surface area contributed by atoms with Gasteiger partial charge in [0.15, 0.2) is 11.5 Å². The summed E-state index contributed by atoms with van der Waals surface area (Å²) >= 11 is 1.18. The molecule has 7 nitrogen and oxygen atoms in total. The third kappa shape index (κ3) is 4.45. The van der Waals surface area contributed by atoms with Gasteiger partial charge in [0.25, 0.3) is 5.22 Å². The molecule has 1 heterocycles. The van der Waals surface area contributed by atoms with Crippen molar-refractivity contribution in [1.82, 2.24) is 10.2 Å². The SMILES string of the molecule is COc1ccc(-c2nnc(SCC(=O)Nc3cccc(C)c3C)o2)cc1OC. The van der Waals surface area contributed by atoms with Crippen LogP contribution < -0.4 is 14.8 Å². The number of thioether (sulfide) groups is 1. The van der Waals surface area contributed by atoms with Crippen LogP contribution in [0.25, 0.3) is 11.5 Å². The zero-order chi connectivity index (χ0) is 20.1. The maximum absolute atomic E-state index is 12.2. The molecule has 3 aromatic rings. The van der Waals surface area contributed by atoms with E-state index in [0.29, 0.717) is 28.2 Å². The lowest BCUT2D eigenvalue weighted by atomic mass is 10.1. The van der Waals surface area contributed by atoms with E-state index < -0.39 is 0 Å². The molecule has 0 unspecified atom stereocenters. The maximum atomic E-state index is 12.2. The number of amides is 1. The Morgan fingerprint density at radius 3 is 2.64 bits per heavy atom. The number of ether oxygens (including phenoxy) is 2. The molecule has 2 aromatic carbocycles. The number of anilines is 1. The average molecular weight is 399 g/mol. The second-order valence-electron chi connectivity index (χ2n) is 6.03. The molecule has 0 fully saturated rings. The fourth-order valence-electron chi connectivity index (χ4n) is 2.55. The zero-order valence-electron chi connectivity index (χ0n) is 16.1. The minimum atomic E-state index is -0.135. The van der Waals surface area contributed by atoms with Crippen LogP contribution in [0.5, 0.6) is 11.5 Å². The number of aryl methyl sites for hydroxylation is 1. The Labute approximate surface area is 167 Å². The molecule has 1 aromatic heterocycles. The van der Waals surface area contributed by atoms with Gasteiger partial charge in [-0.25, -0.2) is 0 Å². The van der Waals surface area contributed by atoms with Gasteiger partial charge in [-0.05, 0) is 49.2 Å². The van der Waals surface area contributed by atoms with E-state index in [0.717, 1.165) is 16.8 Å². The molecule has 0 aliphatic carbocycles. The van der Waals surface area contributed by atoms with Gasteiger partial charge in [-0.1, -0.05) is 23.9 Å². The Balaban J connectivity index is 1.63. The molecule has 0 bridgehead atoms. The first kappa shape index (κ1) is 19.8. The maximum Gasteiger partial charge on any atom is 0.277 e. The van der Waals surface area contributed by atoms with Gasteiger partial charge in [0.2, 0.25) is 11.8 Å². The van der Waals surface area contributed by atoms with Crippen LogP contribution >= 0.6 is 11.8 Å². The molecule has 3 rings (SSSR count). The zero-order valence-corrected chi connectivity index (χ0v) is 16.9. The van der Waals surface area contributed by atoms with Crippen molar-refractivity contribution in [3.05, 3.63) is 47.5 Å². The highest BCUT2D eigenvalue weighted by Crippen LogP contribution is 2.32. The Hall–Kier alpha value is -3.00. The van der Waals surface area contributed by atoms with E-state index in [1.807, 2.05) is 32.0 Å². The molecule has 8 heteroatoms. The van der Waals surface area contributed by atoms with Crippen molar-refractivity contribution in [2.24, 2.45) is 0 Å². The molecule has 28 heavy (non-hydrogen) atoms. The second-order valence-corrected chi connectivity index (χ2v) is 6.95. The minimum Gasteiger partial charge on any atom is -0.493 e. The standard InChI is InChI=1S/C20H21N3O4S/c1-12-6-5-7-15(13(12)2)21-18(24)11-28-20-23-22-19(27-20)14-8-9-16(25-3)17(10-14)26-4/h5-10H,11H2,1-4H3,(H,21,24). The van der Waals surface area contributed by atoms with Gasteiger partial charge in [-0.3, -0.25) is 4.79 Å². The number of nitrogens with one attached hydrogen (secondary N) is 1. The van der Waals surface area contributed by atoms with Gasteiger partial charge in [-0.15, -0.1) is 10.2 Å². The lowest BCUT2D eigenvalue weighted by Gasteiger charge is -2.09. The number of benzene rings is 2. The fraction of sp³-hybridized carbons (Fsp3) is 0.250. The number of methoxy groups -OCH3 is 2. The molecule has 0 aliphatic heterocycles. The number of hydrogen-bond acceptors (Lipinski definition) is 7. The van der Waals surface area contributed by atoms with E-state index in [1.54, 1.807) is 32.4 Å². The molecule has 0 spiro atoms. The van der Waals surface area contributed by atoms with Crippen LogP contribution in [-0.4, -0.2) is 36.1 Å². The van der Waals surface area contributed by atoms with Crippen molar-refractivity contribution in [3.63, 3.8) is 0 Å². The van der Waals surface area contributed by atoms with Crippen LogP contribution in [0.15, 0.2) is 46.0 Å². The van der Waals surface area contributed by atoms with Gasteiger partial charge in [-0.2, -0.15) is 0 Å². The van der Waals surface area contributed by atoms with Crippen LogP contribution in [0.3, 0.4) is 0 Å². The second kappa shape index (κ2) is 8.79. The number of carbonyl (C=O) groups is 1. The summed E-state index contributed by atoms with van der Waals surface area (Å²) in [6.45, 7) is 3.99. The third-order valence-electron chi connectivity index (χ3n) is 4.24. The summed E-state index contributed by atoms with van der Waals surface area (Å²) in [5.41, 5.74) is 3.69. The van der Waals surface area contributed by atoms with Crippen molar-refractivity contribution < 1.29 is 18.7 Å². The third-order valence-corrected chi connectivity index (χ3v) is 5.06. The van der Waals surface area contributed by atoms with Gasteiger partial charge >= 0.3 is 0 Å². The Morgan fingerprint density at radius 1 is 1.11 bits per heavy atom. The number of nitrogens with zero attached hydrogens (tertiary/aromatic N) is 2. The molecule has 1 N–H and O–H groups in total. The Bertz CT molecular complexity index is 987. The number of rotatable bonds is 7. The van der Waals surface area contributed by atoms with Crippen molar-refractivity contribution in [3.8, 4) is 23.0 Å². The van der Waals surface area contributed by atoms with E-state index in [2.05, 4.69) is 15.5 Å². The first-order chi connectivity index (χ1) is 13.5. The van der Waals surface area contributed by atoms with Crippen LogP contribution in [0, 0.1) is 13.8 Å². The van der Waals surface area contributed by atoms with Crippen LogP contribution in [0.2, 0.25) is 0 Å². The molecule has 0 radical (unpaired) electrons. The Kier molecular flexibility index (Phi) is 6.20. The van der Waals surface area contributed by atoms with Gasteiger partial charge < -0.3 is 19.2 Å². The summed E-state index contributed by atoms with van der Waals surface area (Å²) in [7, 11) is 3.13. The molecule has 0 aliphatic rings. The van der Waals surface area contributed by atoms with Gasteiger partial charge in [0, 0.05) is 11.3 Å². The average Bonchev–Trinajstić information content (AvgIpc) is 3.18. The van der Waals surface area contributed by atoms with E-state index in [-0.39, 0.29) is 11.7 Å². The van der Waals surface area contributed by atoms with E-state index in [9.17, 15) is 4.79 Å². The quantitative estimate of drug-likeness (QED) is 0.599. The smallest absolute Gasteiger partial charge is 0.277 e. The highest BCUT2D eigenvalue weighted by molar-refractivity contribution is 7.99. The molecule has 0 saturated carbocycles. The van der Waals surface area contributed by atoms with Gasteiger partial charge in [0.1, 0.15) is 0 Å². The molecule has 1 amide bonds.